The van der Waals surface area contributed by atoms with Crippen molar-refractivity contribution in [3.05, 3.63) is 36.9 Å². The zero-order valence-electron chi connectivity index (χ0n) is 11.7. The van der Waals surface area contributed by atoms with E-state index in [1.54, 1.807) is 31.3 Å². The van der Waals surface area contributed by atoms with E-state index in [1.807, 2.05) is 6.07 Å². The number of ether oxygens (including phenoxy) is 1. The van der Waals surface area contributed by atoms with Gasteiger partial charge in [0, 0.05) is 17.7 Å². The summed E-state index contributed by atoms with van der Waals surface area (Å²) in [7, 11) is 0. The lowest BCUT2D eigenvalue weighted by molar-refractivity contribution is -0.144. The standard InChI is InChI=1S/C15H16N2O4/c1-2-20-15(19)7-6-14(18)17-12-5-3-4-11(8-12)13-9-16-10-21-13/h3-5,8-10H,2,6-7H2,1H3,(H,17,18). The molecule has 21 heavy (non-hydrogen) atoms. The van der Waals surface area contributed by atoms with Gasteiger partial charge in [0.1, 0.15) is 0 Å². The first-order chi connectivity index (χ1) is 10.2. The summed E-state index contributed by atoms with van der Waals surface area (Å²) in [6, 6.07) is 7.21. The minimum Gasteiger partial charge on any atom is -0.466 e. The number of nitrogens with one attached hydrogen (secondary N) is 1. The van der Waals surface area contributed by atoms with Crippen LogP contribution in [0.3, 0.4) is 0 Å². The third kappa shape index (κ3) is 4.45. The number of nitrogens with zero attached hydrogens (tertiary/aromatic N) is 1. The fraction of sp³-hybridized carbons (Fsp3) is 0.267. The number of amides is 1. The minimum absolute atomic E-state index is 0.0709. The molecule has 0 bridgehead atoms. The zero-order valence-corrected chi connectivity index (χ0v) is 11.7. The van der Waals surface area contributed by atoms with Crippen LogP contribution < -0.4 is 5.32 Å². The molecule has 0 saturated carbocycles. The van der Waals surface area contributed by atoms with Crippen molar-refractivity contribution in [2.45, 2.75) is 19.8 Å². The monoisotopic (exact) mass is 288 g/mol. The van der Waals surface area contributed by atoms with Gasteiger partial charge >= 0.3 is 5.97 Å². The van der Waals surface area contributed by atoms with Gasteiger partial charge in [-0.3, -0.25) is 9.59 Å². The molecule has 0 saturated heterocycles. The van der Waals surface area contributed by atoms with Crippen LogP contribution in [0, 0.1) is 0 Å². The molecule has 2 rings (SSSR count). The van der Waals surface area contributed by atoms with Crippen LogP contribution in [0.5, 0.6) is 0 Å². The fourth-order valence-electron chi connectivity index (χ4n) is 1.78. The van der Waals surface area contributed by atoms with Crippen molar-refractivity contribution in [2.24, 2.45) is 0 Å². The van der Waals surface area contributed by atoms with Crippen LogP contribution in [0.25, 0.3) is 11.3 Å². The molecule has 1 aromatic carbocycles. The molecule has 2 aromatic rings. The first-order valence-corrected chi connectivity index (χ1v) is 6.63. The van der Waals surface area contributed by atoms with Crippen molar-refractivity contribution in [1.29, 1.82) is 0 Å². The lowest BCUT2D eigenvalue weighted by atomic mass is 10.1. The number of aromatic nitrogens is 1. The highest BCUT2D eigenvalue weighted by Gasteiger charge is 2.09. The molecule has 0 aliphatic heterocycles. The number of esters is 1. The van der Waals surface area contributed by atoms with Crippen molar-refractivity contribution in [3.63, 3.8) is 0 Å². The number of carbonyl (C=O) groups is 2. The average molecular weight is 288 g/mol. The highest BCUT2D eigenvalue weighted by Crippen LogP contribution is 2.22. The Hall–Kier alpha value is -2.63. The van der Waals surface area contributed by atoms with Crippen LogP contribution in [0.4, 0.5) is 5.69 Å². The summed E-state index contributed by atoms with van der Waals surface area (Å²) in [6.07, 6.45) is 3.11. The first kappa shape index (κ1) is 14.8. The van der Waals surface area contributed by atoms with Gasteiger partial charge in [-0.25, -0.2) is 4.98 Å². The molecule has 1 heterocycles. The Balaban J connectivity index is 1.92. The van der Waals surface area contributed by atoms with Crippen LogP contribution in [0.15, 0.2) is 41.3 Å². The maximum absolute atomic E-state index is 11.8. The first-order valence-electron chi connectivity index (χ1n) is 6.63. The normalized spacial score (nSPS) is 10.1. The third-order valence-electron chi connectivity index (χ3n) is 2.72. The molecule has 0 atom stereocenters. The van der Waals surface area contributed by atoms with E-state index in [1.165, 1.54) is 6.39 Å². The highest BCUT2D eigenvalue weighted by molar-refractivity contribution is 5.93. The van der Waals surface area contributed by atoms with Crippen LogP contribution in [-0.2, 0) is 14.3 Å². The SMILES string of the molecule is CCOC(=O)CCC(=O)Nc1cccc(-c2cnco2)c1. The molecule has 0 spiro atoms. The predicted molar refractivity (Wildman–Crippen MR) is 76.4 cm³/mol. The Kier molecular flexibility index (Phi) is 5.09. The van der Waals surface area contributed by atoms with E-state index in [2.05, 4.69) is 10.3 Å². The van der Waals surface area contributed by atoms with E-state index in [0.717, 1.165) is 5.56 Å². The van der Waals surface area contributed by atoms with Crippen LogP contribution >= 0.6 is 0 Å². The molecule has 0 aliphatic carbocycles. The number of hydrogen-bond donors (Lipinski definition) is 1. The van der Waals surface area contributed by atoms with Crippen LogP contribution in [-0.4, -0.2) is 23.5 Å². The van der Waals surface area contributed by atoms with Crippen molar-refractivity contribution in [3.8, 4) is 11.3 Å². The van der Waals surface area contributed by atoms with E-state index in [-0.39, 0.29) is 24.7 Å². The van der Waals surface area contributed by atoms with Gasteiger partial charge in [0.05, 0.1) is 19.2 Å². The molecular weight excluding hydrogens is 272 g/mol. The highest BCUT2D eigenvalue weighted by atomic mass is 16.5. The summed E-state index contributed by atoms with van der Waals surface area (Å²) in [6.45, 7) is 2.05. The average Bonchev–Trinajstić information content (AvgIpc) is 3.00. The molecule has 6 nitrogen and oxygen atoms in total. The van der Waals surface area contributed by atoms with Crippen molar-refractivity contribution >= 4 is 17.6 Å². The van der Waals surface area contributed by atoms with E-state index in [0.29, 0.717) is 18.1 Å². The van der Waals surface area contributed by atoms with Crippen molar-refractivity contribution in [1.82, 2.24) is 4.98 Å². The maximum atomic E-state index is 11.8. The van der Waals surface area contributed by atoms with Crippen LogP contribution in [0.2, 0.25) is 0 Å². The van der Waals surface area contributed by atoms with Gasteiger partial charge in [-0.1, -0.05) is 12.1 Å². The Morgan fingerprint density at radius 3 is 2.90 bits per heavy atom. The second-order valence-corrected chi connectivity index (χ2v) is 4.30. The molecular formula is C15H16N2O4. The van der Waals surface area contributed by atoms with Gasteiger partial charge in [0.15, 0.2) is 12.2 Å². The summed E-state index contributed by atoms with van der Waals surface area (Å²) < 4.78 is 9.97. The lowest BCUT2D eigenvalue weighted by Crippen LogP contribution is -2.14. The number of anilines is 1. The summed E-state index contributed by atoms with van der Waals surface area (Å²) in [5, 5.41) is 2.73. The smallest absolute Gasteiger partial charge is 0.306 e. The number of benzene rings is 1. The van der Waals surface area contributed by atoms with Gasteiger partial charge in [0.25, 0.3) is 0 Å². The van der Waals surface area contributed by atoms with Crippen LogP contribution in [0.1, 0.15) is 19.8 Å². The number of rotatable bonds is 6. The minimum atomic E-state index is -0.372. The van der Waals surface area contributed by atoms with Gasteiger partial charge in [-0.05, 0) is 19.1 Å². The van der Waals surface area contributed by atoms with Gasteiger partial charge in [-0.15, -0.1) is 0 Å². The molecule has 1 aromatic heterocycles. The summed E-state index contributed by atoms with van der Waals surface area (Å²) in [4.78, 5) is 26.8. The maximum Gasteiger partial charge on any atom is 0.306 e. The largest absolute Gasteiger partial charge is 0.466 e. The lowest BCUT2D eigenvalue weighted by Gasteiger charge is -2.06. The number of hydrogen-bond acceptors (Lipinski definition) is 5. The van der Waals surface area contributed by atoms with E-state index < -0.39 is 0 Å². The predicted octanol–water partition coefficient (Wildman–Crippen LogP) is 2.62. The van der Waals surface area contributed by atoms with E-state index in [9.17, 15) is 9.59 Å². The van der Waals surface area contributed by atoms with Gasteiger partial charge in [-0.2, -0.15) is 0 Å². The fourth-order valence-corrected chi connectivity index (χ4v) is 1.78. The molecule has 0 radical (unpaired) electrons. The number of oxazole rings is 1. The Bertz CT molecular complexity index is 608. The zero-order chi connectivity index (χ0) is 15.1. The van der Waals surface area contributed by atoms with E-state index >= 15 is 0 Å². The molecule has 6 heteroatoms. The molecule has 1 amide bonds. The quantitative estimate of drug-likeness (QED) is 0.826. The second kappa shape index (κ2) is 7.23. The second-order valence-electron chi connectivity index (χ2n) is 4.30. The molecule has 1 N–H and O–H groups in total. The van der Waals surface area contributed by atoms with Crippen molar-refractivity contribution in [2.75, 3.05) is 11.9 Å². The van der Waals surface area contributed by atoms with Gasteiger partial charge in [0.2, 0.25) is 5.91 Å². The number of carbonyl (C=O) groups excluding carboxylic acids is 2. The molecule has 0 aliphatic rings. The molecule has 110 valence electrons. The molecule has 0 fully saturated rings. The Labute approximate surface area is 122 Å². The van der Waals surface area contributed by atoms with Crippen molar-refractivity contribution < 1.29 is 18.7 Å². The summed E-state index contributed by atoms with van der Waals surface area (Å²) >= 11 is 0. The molecule has 0 unspecified atom stereocenters. The topological polar surface area (TPSA) is 81.4 Å². The Morgan fingerprint density at radius 2 is 2.19 bits per heavy atom. The summed E-state index contributed by atoms with van der Waals surface area (Å²) in [5.74, 6) is 0.0125. The summed E-state index contributed by atoms with van der Waals surface area (Å²) in [5.41, 5.74) is 1.45. The Morgan fingerprint density at radius 1 is 1.33 bits per heavy atom. The van der Waals surface area contributed by atoms with E-state index in [4.69, 9.17) is 9.15 Å². The van der Waals surface area contributed by atoms with Gasteiger partial charge < -0.3 is 14.5 Å². The third-order valence-corrected chi connectivity index (χ3v) is 2.72.